The molecular formula is C17H23ClN2. The van der Waals surface area contributed by atoms with Gasteiger partial charge in [-0.15, -0.1) is 11.6 Å². The van der Waals surface area contributed by atoms with Gasteiger partial charge in [-0.1, -0.05) is 32.3 Å². The first-order chi connectivity index (χ1) is 9.72. The maximum atomic E-state index is 6.15. The van der Waals surface area contributed by atoms with E-state index in [1.165, 1.54) is 43.2 Å². The smallest absolute Gasteiger partial charge is 0.125 e. The molecule has 0 spiro atoms. The molecule has 3 heteroatoms. The highest BCUT2D eigenvalue weighted by Gasteiger charge is 2.25. The van der Waals surface area contributed by atoms with Crippen LogP contribution in [-0.4, -0.2) is 9.55 Å². The van der Waals surface area contributed by atoms with Crippen LogP contribution < -0.4 is 0 Å². The number of imidazole rings is 1. The minimum atomic E-state index is 0.501. The standard InChI is InChI=1S/C17H23ClN2/c1-3-13-5-4-6-14(10-13)20-16-8-7-12(2)9-15(16)19-17(20)11-18/h7-9,13-14H,3-6,10-11H2,1-2H3. The van der Waals surface area contributed by atoms with Crippen molar-refractivity contribution in [3.05, 3.63) is 29.6 Å². The molecule has 0 radical (unpaired) electrons. The van der Waals surface area contributed by atoms with E-state index in [0.29, 0.717) is 11.9 Å². The Bertz CT molecular complexity index is 602. The first-order valence-corrected chi connectivity index (χ1v) is 8.29. The minimum absolute atomic E-state index is 0.501. The molecule has 1 aromatic carbocycles. The zero-order chi connectivity index (χ0) is 14.1. The van der Waals surface area contributed by atoms with E-state index in [2.05, 4.69) is 36.6 Å². The highest BCUT2D eigenvalue weighted by molar-refractivity contribution is 6.16. The van der Waals surface area contributed by atoms with Gasteiger partial charge in [0.2, 0.25) is 0 Å². The molecule has 1 aliphatic carbocycles. The van der Waals surface area contributed by atoms with E-state index in [-0.39, 0.29) is 0 Å². The fraction of sp³-hybridized carbons (Fsp3) is 0.588. The molecule has 0 bridgehead atoms. The lowest BCUT2D eigenvalue weighted by molar-refractivity contribution is 0.262. The summed E-state index contributed by atoms with van der Waals surface area (Å²) in [6.07, 6.45) is 6.54. The van der Waals surface area contributed by atoms with Crippen molar-refractivity contribution in [2.75, 3.05) is 0 Å². The molecule has 2 aromatic rings. The molecule has 2 nitrogen and oxygen atoms in total. The number of hydrogen-bond acceptors (Lipinski definition) is 1. The lowest BCUT2D eigenvalue weighted by atomic mass is 9.84. The number of nitrogens with zero attached hydrogens (tertiary/aromatic N) is 2. The first-order valence-electron chi connectivity index (χ1n) is 7.76. The van der Waals surface area contributed by atoms with Gasteiger partial charge in [-0.2, -0.15) is 0 Å². The van der Waals surface area contributed by atoms with Crippen molar-refractivity contribution in [1.29, 1.82) is 0 Å². The molecule has 2 atom stereocenters. The van der Waals surface area contributed by atoms with Crippen LogP contribution in [0, 0.1) is 12.8 Å². The predicted molar refractivity (Wildman–Crippen MR) is 85.3 cm³/mol. The summed E-state index contributed by atoms with van der Waals surface area (Å²) in [5.74, 6) is 2.40. The van der Waals surface area contributed by atoms with E-state index < -0.39 is 0 Å². The fourth-order valence-electron chi connectivity index (χ4n) is 3.63. The van der Waals surface area contributed by atoms with Crippen LogP contribution in [0.3, 0.4) is 0 Å². The summed E-state index contributed by atoms with van der Waals surface area (Å²) in [6.45, 7) is 4.43. The molecular weight excluding hydrogens is 268 g/mol. The van der Waals surface area contributed by atoms with Gasteiger partial charge in [0.1, 0.15) is 5.82 Å². The molecule has 2 unspecified atom stereocenters. The Labute approximate surface area is 126 Å². The van der Waals surface area contributed by atoms with Crippen molar-refractivity contribution in [3.8, 4) is 0 Å². The number of aryl methyl sites for hydroxylation is 1. The Hall–Kier alpha value is -1.02. The monoisotopic (exact) mass is 290 g/mol. The van der Waals surface area contributed by atoms with E-state index >= 15 is 0 Å². The van der Waals surface area contributed by atoms with Crippen LogP contribution >= 0.6 is 11.6 Å². The van der Waals surface area contributed by atoms with Gasteiger partial charge in [0, 0.05) is 6.04 Å². The Balaban J connectivity index is 2.04. The summed E-state index contributed by atoms with van der Waals surface area (Å²) >= 11 is 6.15. The van der Waals surface area contributed by atoms with E-state index in [9.17, 15) is 0 Å². The third-order valence-corrected chi connectivity index (χ3v) is 4.97. The molecule has 1 fully saturated rings. The lowest BCUT2D eigenvalue weighted by Crippen LogP contribution is -2.20. The molecule has 1 aromatic heterocycles. The molecule has 20 heavy (non-hydrogen) atoms. The Kier molecular flexibility index (Phi) is 4.02. The van der Waals surface area contributed by atoms with Gasteiger partial charge < -0.3 is 4.57 Å². The molecule has 0 aliphatic heterocycles. The van der Waals surface area contributed by atoms with Crippen LogP contribution in [0.15, 0.2) is 18.2 Å². The molecule has 108 valence electrons. The van der Waals surface area contributed by atoms with E-state index in [1.807, 2.05) is 0 Å². The molecule has 1 aliphatic rings. The van der Waals surface area contributed by atoms with Crippen LogP contribution in [0.1, 0.15) is 56.5 Å². The van der Waals surface area contributed by atoms with Gasteiger partial charge in [0.25, 0.3) is 0 Å². The second kappa shape index (κ2) is 5.77. The van der Waals surface area contributed by atoms with Crippen molar-refractivity contribution >= 4 is 22.6 Å². The van der Waals surface area contributed by atoms with E-state index in [4.69, 9.17) is 16.6 Å². The molecule has 0 amide bonds. The van der Waals surface area contributed by atoms with Gasteiger partial charge in [0.05, 0.1) is 16.9 Å². The van der Waals surface area contributed by atoms with Crippen molar-refractivity contribution in [2.45, 2.75) is 57.9 Å². The average Bonchev–Trinajstić information content (AvgIpc) is 2.84. The summed E-state index contributed by atoms with van der Waals surface area (Å²) in [4.78, 5) is 4.75. The van der Waals surface area contributed by atoms with Gasteiger partial charge in [-0.05, 0) is 43.4 Å². The molecule has 3 rings (SSSR count). The molecule has 0 N–H and O–H groups in total. The van der Waals surface area contributed by atoms with Crippen molar-refractivity contribution in [1.82, 2.24) is 9.55 Å². The highest BCUT2D eigenvalue weighted by atomic mass is 35.5. The number of benzene rings is 1. The topological polar surface area (TPSA) is 17.8 Å². The maximum Gasteiger partial charge on any atom is 0.125 e. The molecule has 1 heterocycles. The Morgan fingerprint density at radius 2 is 2.20 bits per heavy atom. The number of fused-ring (bicyclic) bond motifs is 1. The number of hydrogen-bond donors (Lipinski definition) is 0. The number of rotatable bonds is 3. The van der Waals surface area contributed by atoms with Crippen LogP contribution in [0.5, 0.6) is 0 Å². The predicted octanol–water partition coefficient (Wildman–Crippen LogP) is 5.22. The zero-order valence-electron chi connectivity index (χ0n) is 12.4. The highest BCUT2D eigenvalue weighted by Crippen LogP contribution is 2.37. The summed E-state index contributed by atoms with van der Waals surface area (Å²) in [5, 5.41) is 0. The fourth-order valence-corrected chi connectivity index (χ4v) is 3.82. The normalized spacial score (nSPS) is 23.4. The molecule has 0 saturated heterocycles. The molecule has 1 saturated carbocycles. The quantitative estimate of drug-likeness (QED) is 0.708. The summed E-state index contributed by atoms with van der Waals surface area (Å²) in [5.41, 5.74) is 3.62. The number of halogens is 1. The Morgan fingerprint density at radius 1 is 1.35 bits per heavy atom. The second-order valence-electron chi connectivity index (χ2n) is 6.12. The van der Waals surface area contributed by atoms with Gasteiger partial charge in [-0.25, -0.2) is 4.98 Å². The van der Waals surface area contributed by atoms with E-state index in [0.717, 1.165) is 17.3 Å². The number of aromatic nitrogens is 2. The van der Waals surface area contributed by atoms with Gasteiger partial charge >= 0.3 is 0 Å². The van der Waals surface area contributed by atoms with Crippen LogP contribution in [0.2, 0.25) is 0 Å². The van der Waals surface area contributed by atoms with Gasteiger partial charge in [-0.3, -0.25) is 0 Å². The van der Waals surface area contributed by atoms with Crippen molar-refractivity contribution in [2.24, 2.45) is 5.92 Å². The number of alkyl halides is 1. The third-order valence-electron chi connectivity index (χ3n) is 4.74. The van der Waals surface area contributed by atoms with E-state index in [1.54, 1.807) is 0 Å². The average molecular weight is 291 g/mol. The third kappa shape index (κ3) is 2.46. The van der Waals surface area contributed by atoms with Crippen LogP contribution in [0.25, 0.3) is 11.0 Å². The van der Waals surface area contributed by atoms with Gasteiger partial charge in [0.15, 0.2) is 0 Å². The maximum absolute atomic E-state index is 6.15. The van der Waals surface area contributed by atoms with Crippen molar-refractivity contribution in [3.63, 3.8) is 0 Å². The first kappa shape index (κ1) is 13.9. The summed E-state index contributed by atoms with van der Waals surface area (Å²) < 4.78 is 2.42. The zero-order valence-corrected chi connectivity index (χ0v) is 13.2. The SMILES string of the molecule is CCC1CCCC(n2c(CCl)nc3cc(C)ccc32)C1. The summed E-state index contributed by atoms with van der Waals surface area (Å²) in [7, 11) is 0. The summed E-state index contributed by atoms with van der Waals surface area (Å²) in [6, 6.07) is 7.14. The van der Waals surface area contributed by atoms with Crippen molar-refractivity contribution < 1.29 is 0 Å². The largest absolute Gasteiger partial charge is 0.324 e. The lowest BCUT2D eigenvalue weighted by Gasteiger charge is -2.30. The minimum Gasteiger partial charge on any atom is -0.324 e. The second-order valence-corrected chi connectivity index (χ2v) is 6.39. The Morgan fingerprint density at radius 3 is 2.95 bits per heavy atom. The van der Waals surface area contributed by atoms with Crippen LogP contribution in [0.4, 0.5) is 0 Å². The van der Waals surface area contributed by atoms with Crippen LogP contribution in [-0.2, 0) is 5.88 Å².